The van der Waals surface area contributed by atoms with Crippen LogP contribution in [-0.2, 0) is 0 Å². The molecule has 104 valence electrons. The van der Waals surface area contributed by atoms with Crippen LogP contribution in [0.3, 0.4) is 0 Å². The number of phenols is 1. The monoisotopic (exact) mass is 266 g/mol. The van der Waals surface area contributed by atoms with E-state index in [9.17, 15) is 20.1 Å². The first-order valence-electron chi connectivity index (χ1n) is 6.24. The van der Waals surface area contributed by atoms with Crippen molar-refractivity contribution in [2.24, 2.45) is 5.92 Å². The molecule has 1 aliphatic rings. The van der Waals surface area contributed by atoms with Gasteiger partial charge in [-0.25, -0.2) is 0 Å². The Morgan fingerprint density at radius 3 is 2.74 bits per heavy atom. The third-order valence-electron chi connectivity index (χ3n) is 3.49. The van der Waals surface area contributed by atoms with Crippen LogP contribution >= 0.6 is 0 Å². The van der Waals surface area contributed by atoms with E-state index in [0.717, 1.165) is 0 Å². The second-order valence-electron chi connectivity index (χ2n) is 5.03. The van der Waals surface area contributed by atoms with Gasteiger partial charge in [-0.1, -0.05) is 0 Å². The Morgan fingerprint density at radius 1 is 1.47 bits per heavy atom. The van der Waals surface area contributed by atoms with Crippen molar-refractivity contribution < 1.29 is 24.9 Å². The number of hydrogen-bond acceptors (Lipinski definition) is 5. The first-order chi connectivity index (χ1) is 8.93. The van der Waals surface area contributed by atoms with Crippen molar-refractivity contribution in [2.45, 2.75) is 32.0 Å². The van der Waals surface area contributed by atoms with Gasteiger partial charge >= 0.3 is 0 Å². The molecular weight excluding hydrogens is 248 g/mol. The fourth-order valence-corrected chi connectivity index (χ4v) is 2.63. The second kappa shape index (κ2) is 5.19. The van der Waals surface area contributed by atoms with Gasteiger partial charge in [0.25, 0.3) is 0 Å². The van der Waals surface area contributed by atoms with Crippen molar-refractivity contribution in [1.29, 1.82) is 0 Å². The minimum atomic E-state index is -0.886. The highest BCUT2D eigenvalue weighted by Crippen LogP contribution is 2.42. The third kappa shape index (κ3) is 2.57. The maximum atomic E-state index is 12.0. The predicted octanol–water partition coefficient (Wildman–Crippen LogP) is 1.41. The fourth-order valence-electron chi connectivity index (χ4n) is 2.63. The molecule has 0 aromatic heterocycles. The molecule has 0 saturated carbocycles. The molecule has 3 unspecified atom stereocenters. The van der Waals surface area contributed by atoms with Crippen molar-refractivity contribution in [3.63, 3.8) is 0 Å². The van der Waals surface area contributed by atoms with E-state index in [-0.39, 0.29) is 29.4 Å². The molecule has 1 aliphatic carbocycles. The minimum absolute atomic E-state index is 0.124. The van der Waals surface area contributed by atoms with Gasteiger partial charge in [0.2, 0.25) is 0 Å². The fraction of sp³-hybridized carbons (Fsp3) is 0.500. The van der Waals surface area contributed by atoms with Crippen molar-refractivity contribution in [3.05, 3.63) is 23.3 Å². The van der Waals surface area contributed by atoms with E-state index in [0.29, 0.717) is 17.7 Å². The summed E-state index contributed by atoms with van der Waals surface area (Å²) < 4.78 is 5.03. The summed E-state index contributed by atoms with van der Waals surface area (Å²) >= 11 is 0. The van der Waals surface area contributed by atoms with E-state index in [1.54, 1.807) is 13.0 Å². The molecule has 2 rings (SSSR count). The van der Waals surface area contributed by atoms with E-state index in [2.05, 4.69) is 0 Å². The maximum Gasteiger partial charge on any atom is 0.167 e. The zero-order valence-electron chi connectivity index (χ0n) is 11.0. The lowest BCUT2D eigenvalue weighted by Crippen LogP contribution is -2.27. The van der Waals surface area contributed by atoms with Gasteiger partial charge in [-0.15, -0.1) is 0 Å². The first-order valence-corrected chi connectivity index (χ1v) is 6.24. The number of aliphatic hydroxyl groups is 2. The summed E-state index contributed by atoms with van der Waals surface area (Å²) in [5.41, 5.74) is 0.536. The van der Waals surface area contributed by atoms with Crippen LogP contribution < -0.4 is 4.74 Å². The molecule has 1 aromatic carbocycles. The lowest BCUT2D eigenvalue weighted by Gasteiger charge is -2.30. The summed E-state index contributed by atoms with van der Waals surface area (Å²) in [6.07, 6.45) is -1.01. The highest BCUT2D eigenvalue weighted by Gasteiger charge is 2.35. The van der Waals surface area contributed by atoms with Crippen LogP contribution in [-0.4, -0.2) is 34.3 Å². The summed E-state index contributed by atoms with van der Waals surface area (Å²) in [4.78, 5) is 12.0. The molecule has 5 heteroatoms. The van der Waals surface area contributed by atoms with Crippen LogP contribution in [0, 0.1) is 5.92 Å². The summed E-state index contributed by atoms with van der Waals surface area (Å²) in [5, 5.41) is 29.6. The summed E-state index contributed by atoms with van der Waals surface area (Å²) in [5.74, 6) is -0.340. The van der Waals surface area contributed by atoms with Gasteiger partial charge in [0.1, 0.15) is 11.5 Å². The van der Waals surface area contributed by atoms with E-state index in [4.69, 9.17) is 4.74 Å². The number of phenolic OH excluding ortho intramolecular Hbond substituents is 1. The number of ketones is 1. The molecule has 0 heterocycles. The normalized spacial score (nSPS) is 23.9. The summed E-state index contributed by atoms with van der Waals surface area (Å²) in [7, 11) is 1.45. The largest absolute Gasteiger partial charge is 0.507 e. The number of fused-ring (bicyclic) bond motifs is 1. The zero-order chi connectivity index (χ0) is 14.2. The van der Waals surface area contributed by atoms with Crippen LogP contribution in [0.1, 0.15) is 41.8 Å². The number of ether oxygens (including phenoxy) is 1. The molecule has 19 heavy (non-hydrogen) atoms. The second-order valence-corrected chi connectivity index (χ2v) is 5.03. The molecule has 0 aliphatic heterocycles. The third-order valence-corrected chi connectivity index (χ3v) is 3.49. The van der Waals surface area contributed by atoms with E-state index >= 15 is 0 Å². The van der Waals surface area contributed by atoms with Crippen LogP contribution in [0.2, 0.25) is 0 Å². The number of benzene rings is 1. The Morgan fingerprint density at radius 2 is 2.16 bits per heavy atom. The Balaban J connectivity index is 2.44. The number of carbonyl (C=O) groups is 1. The summed E-state index contributed by atoms with van der Waals surface area (Å²) in [6, 6.07) is 2.92. The zero-order valence-corrected chi connectivity index (χ0v) is 11.0. The predicted molar refractivity (Wildman–Crippen MR) is 68.4 cm³/mol. The molecule has 3 N–H and O–H groups in total. The van der Waals surface area contributed by atoms with Gasteiger partial charge in [-0.05, 0) is 30.9 Å². The molecule has 0 saturated heterocycles. The van der Waals surface area contributed by atoms with Crippen molar-refractivity contribution >= 4 is 5.78 Å². The van der Waals surface area contributed by atoms with Crippen molar-refractivity contribution in [1.82, 2.24) is 0 Å². The van der Waals surface area contributed by atoms with Gasteiger partial charge < -0.3 is 20.1 Å². The molecule has 3 atom stereocenters. The SMILES string of the molecule is COc1cc(O)c2c(c1)C(O)C(CC(C)O)CC2=O. The Labute approximate surface area is 111 Å². The number of carbonyl (C=O) groups excluding carboxylic acids is 1. The van der Waals surface area contributed by atoms with Crippen LogP contribution in [0.5, 0.6) is 11.5 Å². The number of aliphatic hydroxyl groups excluding tert-OH is 2. The van der Waals surface area contributed by atoms with Gasteiger partial charge in [0.15, 0.2) is 5.78 Å². The molecular formula is C14H18O5. The van der Waals surface area contributed by atoms with Crippen LogP contribution in [0.15, 0.2) is 12.1 Å². The number of aromatic hydroxyl groups is 1. The average Bonchev–Trinajstić information content (AvgIpc) is 2.33. The quantitative estimate of drug-likeness (QED) is 0.770. The lowest BCUT2D eigenvalue weighted by molar-refractivity contribution is 0.0488. The van der Waals surface area contributed by atoms with Crippen LogP contribution in [0.25, 0.3) is 0 Å². The van der Waals surface area contributed by atoms with E-state index < -0.39 is 12.2 Å². The van der Waals surface area contributed by atoms with E-state index in [1.807, 2.05) is 0 Å². The van der Waals surface area contributed by atoms with Gasteiger partial charge in [0.05, 0.1) is 24.9 Å². The van der Waals surface area contributed by atoms with Crippen molar-refractivity contribution in [3.8, 4) is 11.5 Å². The number of rotatable bonds is 3. The molecule has 0 spiro atoms. The molecule has 0 bridgehead atoms. The molecule has 1 aromatic rings. The average molecular weight is 266 g/mol. The Kier molecular flexibility index (Phi) is 3.78. The molecule has 5 nitrogen and oxygen atoms in total. The highest BCUT2D eigenvalue weighted by molar-refractivity contribution is 6.01. The van der Waals surface area contributed by atoms with Gasteiger partial charge in [0, 0.05) is 12.5 Å². The Bertz CT molecular complexity index is 495. The molecule has 0 fully saturated rings. The summed E-state index contributed by atoms with van der Waals surface area (Å²) in [6.45, 7) is 1.62. The van der Waals surface area contributed by atoms with E-state index in [1.165, 1.54) is 13.2 Å². The highest BCUT2D eigenvalue weighted by atomic mass is 16.5. The number of methoxy groups -OCH3 is 1. The topological polar surface area (TPSA) is 87.0 Å². The molecule has 0 amide bonds. The smallest absolute Gasteiger partial charge is 0.167 e. The number of hydrogen-bond donors (Lipinski definition) is 3. The standard InChI is InChI=1S/C14H18O5/c1-7(15)3-8-4-11(16)13-10(14(8)18)5-9(19-2)6-12(13)17/h5-8,14-15,17-18H,3-4H2,1-2H3. The van der Waals surface area contributed by atoms with Crippen LogP contribution in [0.4, 0.5) is 0 Å². The van der Waals surface area contributed by atoms with Gasteiger partial charge in [-0.2, -0.15) is 0 Å². The van der Waals surface area contributed by atoms with Gasteiger partial charge in [-0.3, -0.25) is 4.79 Å². The number of Topliss-reactive ketones (excluding diaryl/α,β-unsaturated/α-hetero) is 1. The maximum absolute atomic E-state index is 12.0. The first kappa shape index (κ1) is 13.8. The minimum Gasteiger partial charge on any atom is -0.507 e. The lowest BCUT2D eigenvalue weighted by atomic mass is 9.78. The Hall–Kier alpha value is -1.59. The molecule has 0 radical (unpaired) electrons. The van der Waals surface area contributed by atoms with Crippen molar-refractivity contribution in [2.75, 3.05) is 7.11 Å².